The van der Waals surface area contributed by atoms with Crippen molar-refractivity contribution in [2.45, 2.75) is 77.5 Å². The maximum atomic E-state index is 12.1. The lowest BCUT2D eigenvalue weighted by atomic mass is 9.88. The summed E-state index contributed by atoms with van der Waals surface area (Å²) in [6, 6.07) is 0. The minimum atomic E-state index is -1.38. The van der Waals surface area contributed by atoms with Crippen LogP contribution in [0.15, 0.2) is 11.6 Å². The van der Waals surface area contributed by atoms with E-state index >= 15 is 0 Å². The van der Waals surface area contributed by atoms with Crippen LogP contribution in [-0.2, 0) is 9.53 Å². The molecule has 23 heavy (non-hydrogen) atoms. The highest BCUT2D eigenvalue weighted by molar-refractivity contribution is 5.72. The van der Waals surface area contributed by atoms with Crippen molar-refractivity contribution in [2.75, 3.05) is 6.54 Å². The first-order chi connectivity index (χ1) is 10.6. The van der Waals surface area contributed by atoms with Gasteiger partial charge in [0, 0.05) is 12.5 Å². The summed E-state index contributed by atoms with van der Waals surface area (Å²) in [6.07, 6.45) is 4.59. The summed E-state index contributed by atoms with van der Waals surface area (Å²) in [7, 11) is 0. The van der Waals surface area contributed by atoms with Gasteiger partial charge in [-0.05, 0) is 59.8 Å². The molecule has 1 amide bonds. The molecule has 0 radical (unpaired) electrons. The van der Waals surface area contributed by atoms with Crippen LogP contribution in [0, 0.1) is 0 Å². The molecule has 6 nitrogen and oxygen atoms in total. The number of allylic oxidation sites excluding steroid dienone is 2. The number of amides is 1. The number of aliphatic carboxylic acids is 1. The average Bonchev–Trinajstić information content (AvgIpc) is 2.56. The van der Waals surface area contributed by atoms with Crippen LogP contribution >= 0.6 is 0 Å². The number of unbranched alkanes of at least 4 members (excludes halogenated alkanes) is 2. The van der Waals surface area contributed by atoms with Crippen LogP contribution < -0.4 is 5.11 Å². The number of rotatable bonds is 9. The molecular formula is C17H28NO5-. The van der Waals surface area contributed by atoms with Gasteiger partial charge < -0.3 is 19.7 Å². The molecule has 0 aromatic heterocycles. The molecule has 1 heterocycles. The average molecular weight is 326 g/mol. The molecule has 0 aliphatic carbocycles. The number of aliphatic hydroxyl groups is 1. The van der Waals surface area contributed by atoms with Gasteiger partial charge in [-0.15, -0.1) is 0 Å². The van der Waals surface area contributed by atoms with Crippen LogP contribution in [0.5, 0.6) is 0 Å². The van der Waals surface area contributed by atoms with E-state index in [1.165, 1.54) is 10.5 Å². The second-order valence-corrected chi connectivity index (χ2v) is 6.77. The molecule has 1 N–H and O–H groups in total. The number of carbonyl (C=O) groups excluding carboxylic acids is 2. The van der Waals surface area contributed by atoms with Crippen molar-refractivity contribution in [2.24, 2.45) is 0 Å². The monoisotopic (exact) mass is 326 g/mol. The second kappa shape index (κ2) is 7.81. The molecule has 2 atom stereocenters. The van der Waals surface area contributed by atoms with Gasteiger partial charge in [0.15, 0.2) is 11.3 Å². The number of hydrogen-bond donors (Lipinski definition) is 1. The van der Waals surface area contributed by atoms with E-state index in [2.05, 4.69) is 6.08 Å². The predicted molar refractivity (Wildman–Crippen MR) is 84.4 cm³/mol. The van der Waals surface area contributed by atoms with Crippen LogP contribution in [0.1, 0.15) is 66.2 Å². The van der Waals surface area contributed by atoms with Crippen molar-refractivity contribution in [3.63, 3.8) is 0 Å². The van der Waals surface area contributed by atoms with Crippen molar-refractivity contribution >= 4 is 12.1 Å². The van der Waals surface area contributed by atoms with Gasteiger partial charge in [-0.2, -0.15) is 0 Å². The summed E-state index contributed by atoms with van der Waals surface area (Å²) >= 11 is 0. The van der Waals surface area contributed by atoms with Crippen molar-refractivity contribution in [3.8, 4) is 0 Å². The summed E-state index contributed by atoms with van der Waals surface area (Å²) in [5, 5.41) is 21.2. The topological polar surface area (TPSA) is 89.9 Å². The normalized spacial score (nSPS) is 27.0. The van der Waals surface area contributed by atoms with E-state index in [9.17, 15) is 19.8 Å². The fourth-order valence-corrected chi connectivity index (χ4v) is 2.76. The Balaban J connectivity index is 2.59. The number of carboxylic acids is 1. The van der Waals surface area contributed by atoms with E-state index in [1.54, 1.807) is 13.8 Å². The molecule has 1 fully saturated rings. The minimum Gasteiger partial charge on any atom is -0.550 e. The van der Waals surface area contributed by atoms with Gasteiger partial charge in [-0.3, -0.25) is 4.90 Å². The lowest BCUT2D eigenvalue weighted by Gasteiger charge is -2.37. The van der Waals surface area contributed by atoms with E-state index in [0.717, 1.165) is 6.42 Å². The fraction of sp³-hybridized carbons (Fsp3) is 0.765. The van der Waals surface area contributed by atoms with Gasteiger partial charge in [0.05, 0.1) is 0 Å². The zero-order valence-corrected chi connectivity index (χ0v) is 14.6. The third-order valence-corrected chi connectivity index (χ3v) is 4.50. The predicted octanol–water partition coefficient (Wildman–Crippen LogP) is 1.96. The molecule has 0 aromatic rings. The quantitative estimate of drug-likeness (QED) is 0.517. The summed E-state index contributed by atoms with van der Waals surface area (Å²) in [5.74, 6) is -1.07. The van der Waals surface area contributed by atoms with E-state index in [0.29, 0.717) is 32.2 Å². The number of nitrogens with zero attached hydrogens (tertiary/aromatic N) is 1. The summed E-state index contributed by atoms with van der Waals surface area (Å²) < 4.78 is 5.46. The van der Waals surface area contributed by atoms with Gasteiger partial charge >= 0.3 is 6.09 Å². The highest BCUT2D eigenvalue weighted by Gasteiger charge is 2.58. The molecule has 1 aliphatic rings. The second-order valence-electron chi connectivity index (χ2n) is 6.77. The molecule has 0 aromatic carbocycles. The van der Waals surface area contributed by atoms with Crippen molar-refractivity contribution in [3.05, 3.63) is 11.6 Å². The molecule has 0 unspecified atom stereocenters. The van der Waals surface area contributed by atoms with Crippen molar-refractivity contribution < 1.29 is 24.5 Å². The lowest BCUT2D eigenvalue weighted by molar-refractivity contribution is -0.305. The lowest BCUT2D eigenvalue weighted by Crippen LogP contribution is -2.55. The van der Waals surface area contributed by atoms with Crippen LogP contribution in [-0.4, -0.2) is 39.9 Å². The molecule has 0 saturated carbocycles. The minimum absolute atomic E-state index is 0.0151. The van der Waals surface area contributed by atoms with Crippen LogP contribution in [0.2, 0.25) is 0 Å². The highest BCUT2D eigenvalue weighted by Crippen LogP contribution is 2.40. The van der Waals surface area contributed by atoms with Crippen molar-refractivity contribution in [1.82, 2.24) is 4.90 Å². The smallest absolute Gasteiger partial charge is 0.412 e. The van der Waals surface area contributed by atoms with Gasteiger partial charge in [0.2, 0.25) is 0 Å². The molecule has 1 saturated heterocycles. The number of ether oxygens (including phenoxy) is 1. The van der Waals surface area contributed by atoms with E-state index < -0.39 is 23.4 Å². The van der Waals surface area contributed by atoms with Crippen LogP contribution in [0.3, 0.4) is 0 Å². The van der Waals surface area contributed by atoms with Crippen LogP contribution in [0.25, 0.3) is 0 Å². The maximum absolute atomic E-state index is 12.1. The third kappa shape index (κ3) is 4.96. The molecule has 6 heteroatoms. The fourth-order valence-electron chi connectivity index (χ4n) is 2.76. The number of cyclic esters (lactones) is 1. The summed E-state index contributed by atoms with van der Waals surface area (Å²) in [5.41, 5.74) is -1.16. The Morgan fingerprint density at radius 2 is 1.96 bits per heavy atom. The first-order valence-electron chi connectivity index (χ1n) is 8.16. The number of carbonyl (C=O) groups is 2. The molecular weight excluding hydrogens is 298 g/mol. The molecule has 1 rings (SSSR count). The Bertz CT molecular complexity index is 468. The van der Waals surface area contributed by atoms with Crippen molar-refractivity contribution in [1.29, 1.82) is 0 Å². The zero-order valence-electron chi connectivity index (χ0n) is 14.6. The third-order valence-electron chi connectivity index (χ3n) is 4.50. The number of carboxylic acid groups (broad SMARTS) is 1. The molecule has 132 valence electrons. The first-order valence-corrected chi connectivity index (χ1v) is 8.16. The highest BCUT2D eigenvalue weighted by atomic mass is 16.6. The Labute approximate surface area is 138 Å². The Morgan fingerprint density at radius 3 is 2.52 bits per heavy atom. The Hall–Kier alpha value is -1.56. The van der Waals surface area contributed by atoms with E-state index in [-0.39, 0.29) is 6.42 Å². The summed E-state index contributed by atoms with van der Waals surface area (Å²) in [6.45, 7) is 7.69. The molecule has 1 aliphatic heterocycles. The van der Waals surface area contributed by atoms with E-state index in [1.807, 2.05) is 13.8 Å². The largest absolute Gasteiger partial charge is 0.550 e. The van der Waals surface area contributed by atoms with Gasteiger partial charge in [0.1, 0.15) is 0 Å². The molecule has 0 bridgehead atoms. The SMILES string of the molecule is CC(C)=CCC[C@]1(C)OC(=O)N(CCCCCC(=O)[O-])[C@@]1(C)O. The van der Waals surface area contributed by atoms with Gasteiger partial charge in [-0.25, -0.2) is 4.79 Å². The Kier molecular flexibility index (Phi) is 6.62. The maximum Gasteiger partial charge on any atom is 0.412 e. The Morgan fingerprint density at radius 1 is 1.30 bits per heavy atom. The first kappa shape index (κ1) is 19.5. The number of hydrogen-bond acceptors (Lipinski definition) is 5. The van der Waals surface area contributed by atoms with Crippen LogP contribution in [0.4, 0.5) is 4.79 Å². The van der Waals surface area contributed by atoms with E-state index in [4.69, 9.17) is 4.74 Å². The van der Waals surface area contributed by atoms with Gasteiger partial charge in [-0.1, -0.05) is 18.1 Å². The zero-order chi connectivity index (χ0) is 17.7. The molecule has 0 spiro atoms. The standard InChI is InChI=1S/C17H29NO5/c1-13(2)9-8-11-16(3)17(4,22)18(15(21)23-16)12-7-5-6-10-14(19)20/h9,22H,5-8,10-12H2,1-4H3,(H,19,20)/p-1/t16-,17-/m0/s1. The van der Waals surface area contributed by atoms with Gasteiger partial charge in [0.25, 0.3) is 0 Å². The summed E-state index contributed by atoms with van der Waals surface area (Å²) in [4.78, 5) is 23.8.